The molecule has 1 unspecified atom stereocenters. The summed E-state index contributed by atoms with van der Waals surface area (Å²) in [4.78, 5) is 35.4. The predicted molar refractivity (Wildman–Crippen MR) is 72.9 cm³/mol. The van der Waals surface area contributed by atoms with Gasteiger partial charge in [0.15, 0.2) is 11.2 Å². The molecule has 0 bridgehead atoms. The van der Waals surface area contributed by atoms with Gasteiger partial charge in [-0.2, -0.15) is 0 Å². The molecule has 20 heavy (non-hydrogen) atoms. The van der Waals surface area contributed by atoms with Crippen LogP contribution in [0.4, 0.5) is 0 Å². The van der Waals surface area contributed by atoms with Crippen LogP contribution in [0, 0.1) is 11.3 Å². The summed E-state index contributed by atoms with van der Waals surface area (Å²) in [6.07, 6.45) is 4.67. The number of carbonyl (C=O) groups is 3. The molecule has 1 fully saturated rings. The summed E-state index contributed by atoms with van der Waals surface area (Å²) in [6, 6.07) is 0. The van der Waals surface area contributed by atoms with Crippen molar-refractivity contribution in [2.45, 2.75) is 40.0 Å². The highest BCUT2D eigenvalue weighted by atomic mass is 16.6. The highest BCUT2D eigenvalue weighted by Crippen LogP contribution is 2.55. The molecule has 0 amide bonds. The first-order valence-corrected chi connectivity index (χ1v) is 7.08. The van der Waals surface area contributed by atoms with Gasteiger partial charge in [-0.3, -0.25) is 14.4 Å². The van der Waals surface area contributed by atoms with Crippen molar-refractivity contribution in [2.24, 2.45) is 11.3 Å². The zero-order valence-electron chi connectivity index (χ0n) is 12.3. The second-order valence-corrected chi connectivity index (χ2v) is 4.80. The largest absolute Gasteiger partial charge is 0.465 e. The van der Waals surface area contributed by atoms with Crippen LogP contribution in [0.2, 0.25) is 0 Å². The molecule has 0 aromatic carbocycles. The average Bonchev–Trinajstić information content (AvgIpc) is 3.13. The number of allylic oxidation sites excluding steroid dienone is 2. The lowest BCUT2D eigenvalue weighted by Gasteiger charge is -2.13. The zero-order chi connectivity index (χ0) is 15.2. The number of hydrogen-bond acceptors (Lipinski definition) is 5. The van der Waals surface area contributed by atoms with E-state index >= 15 is 0 Å². The Bertz CT molecular complexity index is 392. The molecule has 0 N–H and O–H groups in total. The van der Waals surface area contributed by atoms with Crippen molar-refractivity contribution in [1.29, 1.82) is 0 Å². The molecule has 5 nitrogen and oxygen atoms in total. The Hall–Kier alpha value is -1.65. The van der Waals surface area contributed by atoms with E-state index in [2.05, 4.69) is 0 Å². The first kappa shape index (κ1) is 16.4. The number of rotatable bonds is 8. The lowest BCUT2D eigenvalue weighted by molar-refractivity contribution is -0.164. The third kappa shape index (κ3) is 3.46. The number of hydrogen-bond donors (Lipinski definition) is 0. The van der Waals surface area contributed by atoms with E-state index in [4.69, 9.17) is 9.47 Å². The van der Waals surface area contributed by atoms with E-state index in [1.54, 1.807) is 19.9 Å². The van der Waals surface area contributed by atoms with Crippen LogP contribution in [-0.2, 0) is 23.9 Å². The summed E-state index contributed by atoms with van der Waals surface area (Å²) in [5.74, 6) is -1.42. The maximum absolute atomic E-state index is 12.0. The second kappa shape index (κ2) is 7.22. The molecule has 112 valence electrons. The number of ketones is 1. The number of esters is 2. The van der Waals surface area contributed by atoms with Gasteiger partial charge in [-0.05, 0) is 32.8 Å². The standard InChI is InChI=1S/C15H22O5/c1-4-7-12(16)9-8-11-10-15(11,13(17)19-5-2)14(18)20-6-3/h8-9,11H,4-7,10H2,1-3H3. The molecular formula is C15H22O5. The minimum Gasteiger partial charge on any atom is -0.465 e. The fourth-order valence-corrected chi connectivity index (χ4v) is 2.15. The van der Waals surface area contributed by atoms with Crippen LogP contribution >= 0.6 is 0 Å². The van der Waals surface area contributed by atoms with Gasteiger partial charge in [-0.25, -0.2) is 0 Å². The molecule has 1 aliphatic rings. The van der Waals surface area contributed by atoms with Gasteiger partial charge in [0.2, 0.25) is 0 Å². The Morgan fingerprint density at radius 2 is 1.65 bits per heavy atom. The second-order valence-electron chi connectivity index (χ2n) is 4.80. The monoisotopic (exact) mass is 282 g/mol. The number of carbonyl (C=O) groups excluding carboxylic acids is 3. The van der Waals surface area contributed by atoms with Gasteiger partial charge in [0.25, 0.3) is 0 Å². The third-order valence-electron chi connectivity index (χ3n) is 3.30. The molecule has 0 aliphatic heterocycles. The summed E-state index contributed by atoms with van der Waals surface area (Å²) in [5.41, 5.74) is -1.24. The van der Waals surface area contributed by atoms with Gasteiger partial charge in [0.1, 0.15) is 0 Å². The molecule has 5 heteroatoms. The minimum absolute atomic E-state index is 0.000942. The summed E-state index contributed by atoms with van der Waals surface area (Å²) < 4.78 is 9.93. The van der Waals surface area contributed by atoms with Gasteiger partial charge in [-0.15, -0.1) is 0 Å². The highest BCUT2D eigenvalue weighted by Gasteiger charge is 2.67. The zero-order valence-corrected chi connectivity index (χ0v) is 12.3. The smallest absolute Gasteiger partial charge is 0.324 e. The van der Waals surface area contributed by atoms with Crippen LogP contribution in [0.5, 0.6) is 0 Å². The molecule has 1 saturated carbocycles. The van der Waals surface area contributed by atoms with E-state index in [9.17, 15) is 14.4 Å². The normalized spacial score (nSPS) is 19.6. The maximum Gasteiger partial charge on any atom is 0.324 e. The van der Waals surface area contributed by atoms with Crippen LogP contribution in [0.15, 0.2) is 12.2 Å². The van der Waals surface area contributed by atoms with Gasteiger partial charge in [0.05, 0.1) is 13.2 Å². The molecule has 1 atom stereocenters. The quantitative estimate of drug-likeness (QED) is 0.387. The summed E-state index contributed by atoms with van der Waals surface area (Å²) in [7, 11) is 0. The lowest BCUT2D eigenvalue weighted by atomic mass is 10.0. The van der Waals surface area contributed by atoms with Gasteiger partial charge in [-0.1, -0.05) is 13.0 Å². The van der Waals surface area contributed by atoms with Crippen molar-refractivity contribution >= 4 is 17.7 Å². The Morgan fingerprint density at radius 3 is 2.10 bits per heavy atom. The van der Waals surface area contributed by atoms with Crippen LogP contribution in [0.1, 0.15) is 40.0 Å². The minimum atomic E-state index is -1.24. The highest BCUT2D eigenvalue weighted by molar-refractivity contribution is 6.04. The molecular weight excluding hydrogens is 260 g/mol. The van der Waals surface area contributed by atoms with Crippen molar-refractivity contribution in [1.82, 2.24) is 0 Å². The van der Waals surface area contributed by atoms with E-state index in [1.807, 2.05) is 6.92 Å². The third-order valence-corrected chi connectivity index (χ3v) is 3.30. The average molecular weight is 282 g/mol. The molecule has 1 rings (SSSR count). The molecule has 0 spiro atoms. The molecule has 0 heterocycles. The summed E-state index contributed by atoms with van der Waals surface area (Å²) >= 11 is 0. The van der Waals surface area contributed by atoms with Crippen LogP contribution in [0.3, 0.4) is 0 Å². The van der Waals surface area contributed by atoms with E-state index in [0.29, 0.717) is 12.8 Å². The molecule has 0 radical (unpaired) electrons. The van der Waals surface area contributed by atoms with Crippen LogP contribution in [0.25, 0.3) is 0 Å². The Morgan fingerprint density at radius 1 is 1.10 bits per heavy atom. The van der Waals surface area contributed by atoms with Gasteiger partial charge < -0.3 is 9.47 Å². The topological polar surface area (TPSA) is 69.7 Å². The molecule has 1 aliphatic carbocycles. The first-order valence-electron chi connectivity index (χ1n) is 7.08. The van der Waals surface area contributed by atoms with Crippen molar-refractivity contribution in [2.75, 3.05) is 13.2 Å². The molecule has 0 saturated heterocycles. The fourth-order valence-electron chi connectivity index (χ4n) is 2.15. The predicted octanol–water partition coefficient (Wildman–Crippen LogP) is 2.04. The van der Waals surface area contributed by atoms with Crippen LogP contribution < -0.4 is 0 Å². The van der Waals surface area contributed by atoms with Crippen molar-refractivity contribution in [3.8, 4) is 0 Å². The van der Waals surface area contributed by atoms with Crippen molar-refractivity contribution in [3.05, 3.63) is 12.2 Å². The Labute approximate surface area is 119 Å². The molecule has 0 aromatic heterocycles. The van der Waals surface area contributed by atoms with E-state index < -0.39 is 17.4 Å². The Balaban J connectivity index is 2.77. The van der Waals surface area contributed by atoms with Crippen molar-refractivity contribution in [3.63, 3.8) is 0 Å². The Kier molecular flexibility index (Phi) is 5.92. The van der Waals surface area contributed by atoms with Crippen LogP contribution in [-0.4, -0.2) is 30.9 Å². The van der Waals surface area contributed by atoms with E-state index in [-0.39, 0.29) is 24.9 Å². The first-order chi connectivity index (χ1) is 9.52. The summed E-state index contributed by atoms with van der Waals surface area (Å²) in [5, 5.41) is 0. The van der Waals surface area contributed by atoms with Gasteiger partial charge >= 0.3 is 11.9 Å². The fraction of sp³-hybridized carbons (Fsp3) is 0.667. The van der Waals surface area contributed by atoms with E-state index in [1.165, 1.54) is 6.08 Å². The van der Waals surface area contributed by atoms with Crippen molar-refractivity contribution < 1.29 is 23.9 Å². The van der Waals surface area contributed by atoms with Gasteiger partial charge in [0, 0.05) is 12.3 Å². The van der Waals surface area contributed by atoms with E-state index in [0.717, 1.165) is 6.42 Å². The molecule has 0 aromatic rings. The lowest BCUT2D eigenvalue weighted by Crippen LogP contribution is -2.31. The number of ether oxygens (including phenoxy) is 2. The SMILES string of the molecule is CCCC(=O)C=CC1CC1(C(=O)OCC)C(=O)OCC. The summed E-state index contributed by atoms with van der Waals surface area (Å²) in [6.45, 7) is 5.73. The maximum atomic E-state index is 12.0.